The van der Waals surface area contributed by atoms with Crippen LogP contribution in [0.3, 0.4) is 0 Å². The summed E-state index contributed by atoms with van der Waals surface area (Å²) in [5, 5.41) is 9.25. The average molecular weight is 292 g/mol. The van der Waals surface area contributed by atoms with Crippen molar-refractivity contribution in [1.29, 1.82) is 0 Å². The van der Waals surface area contributed by atoms with E-state index < -0.39 is 30.8 Å². The predicted molar refractivity (Wildman–Crippen MR) is 73.5 cm³/mol. The lowest BCUT2D eigenvalue weighted by Gasteiger charge is -2.09. The number of para-hydroxylation sites is 1. The molecular formula is C14H14F2N4O. The molecule has 2 N–H and O–H groups in total. The first-order valence-electron chi connectivity index (χ1n) is 6.57. The largest absolute Gasteiger partial charge is 0.308 e. The molecule has 21 heavy (non-hydrogen) atoms. The Balaban J connectivity index is 1.66. The zero-order valence-corrected chi connectivity index (χ0v) is 11.1. The number of amides is 1. The first-order chi connectivity index (χ1) is 10.0. The molecule has 1 aromatic heterocycles. The van der Waals surface area contributed by atoms with Gasteiger partial charge in [-0.05, 0) is 12.1 Å². The number of anilines is 1. The minimum atomic E-state index is -2.83. The highest BCUT2D eigenvalue weighted by Crippen LogP contribution is 2.25. The number of hydrogen-bond donors (Lipinski definition) is 2. The van der Waals surface area contributed by atoms with E-state index in [9.17, 15) is 13.6 Å². The van der Waals surface area contributed by atoms with E-state index in [1.54, 1.807) is 16.9 Å². The molecule has 2 aromatic rings. The molecule has 0 bridgehead atoms. The fraction of sp³-hybridized carbons (Fsp3) is 0.286. The normalized spacial score (nSPS) is 20.4. The van der Waals surface area contributed by atoms with Gasteiger partial charge in [0.2, 0.25) is 5.91 Å². The monoisotopic (exact) mass is 292 g/mol. The SMILES string of the molecule is O=C(Nc1ccn(-c2ccccc2)n1)C1CC(F)(F)CN1. The zero-order chi connectivity index (χ0) is 14.9. The standard InChI is InChI=1S/C14H14F2N4O/c15-14(16)8-11(17-9-14)13(21)18-12-6-7-20(19-12)10-4-2-1-3-5-10/h1-7,11,17H,8-9H2,(H,18,19,21). The van der Waals surface area contributed by atoms with Gasteiger partial charge >= 0.3 is 0 Å². The molecule has 1 amide bonds. The molecule has 7 heteroatoms. The van der Waals surface area contributed by atoms with Crippen molar-refractivity contribution >= 4 is 11.7 Å². The molecule has 1 atom stereocenters. The Morgan fingerprint density at radius 1 is 1.33 bits per heavy atom. The van der Waals surface area contributed by atoms with Crippen LogP contribution in [0.15, 0.2) is 42.6 Å². The second-order valence-electron chi connectivity index (χ2n) is 4.96. The maximum absolute atomic E-state index is 13.1. The van der Waals surface area contributed by atoms with Crippen LogP contribution in [0.1, 0.15) is 6.42 Å². The summed E-state index contributed by atoms with van der Waals surface area (Å²) >= 11 is 0. The molecule has 1 saturated heterocycles. The van der Waals surface area contributed by atoms with Gasteiger partial charge in [-0.1, -0.05) is 18.2 Å². The third kappa shape index (κ3) is 3.08. The van der Waals surface area contributed by atoms with Crippen LogP contribution in [-0.4, -0.2) is 34.2 Å². The van der Waals surface area contributed by atoms with Crippen molar-refractivity contribution in [3.05, 3.63) is 42.6 Å². The van der Waals surface area contributed by atoms with Gasteiger partial charge in [0.1, 0.15) is 0 Å². The summed E-state index contributed by atoms with van der Waals surface area (Å²) in [7, 11) is 0. The summed E-state index contributed by atoms with van der Waals surface area (Å²) in [5.74, 6) is -2.99. The quantitative estimate of drug-likeness (QED) is 0.907. The first-order valence-corrected chi connectivity index (χ1v) is 6.57. The molecule has 0 spiro atoms. The third-order valence-corrected chi connectivity index (χ3v) is 3.29. The van der Waals surface area contributed by atoms with Crippen molar-refractivity contribution in [2.24, 2.45) is 0 Å². The van der Waals surface area contributed by atoms with Gasteiger partial charge in [-0.15, -0.1) is 0 Å². The minimum Gasteiger partial charge on any atom is -0.308 e. The highest BCUT2D eigenvalue weighted by Gasteiger charge is 2.42. The van der Waals surface area contributed by atoms with Gasteiger partial charge in [0.15, 0.2) is 5.82 Å². The lowest BCUT2D eigenvalue weighted by molar-refractivity contribution is -0.118. The van der Waals surface area contributed by atoms with Crippen molar-refractivity contribution in [2.75, 3.05) is 11.9 Å². The lowest BCUT2D eigenvalue weighted by atomic mass is 10.2. The molecule has 1 aliphatic rings. The molecule has 0 radical (unpaired) electrons. The number of nitrogens with one attached hydrogen (secondary N) is 2. The zero-order valence-electron chi connectivity index (χ0n) is 11.1. The second-order valence-corrected chi connectivity index (χ2v) is 4.96. The number of halogens is 2. The smallest absolute Gasteiger partial charge is 0.262 e. The topological polar surface area (TPSA) is 59.0 Å². The van der Waals surface area contributed by atoms with Crippen LogP contribution in [0.25, 0.3) is 5.69 Å². The van der Waals surface area contributed by atoms with Crippen LogP contribution >= 0.6 is 0 Å². The first kappa shape index (κ1) is 13.7. The predicted octanol–water partition coefficient (Wildman–Crippen LogP) is 1.81. The van der Waals surface area contributed by atoms with Crippen molar-refractivity contribution in [3.8, 4) is 5.69 Å². The maximum Gasteiger partial charge on any atom is 0.262 e. The highest BCUT2D eigenvalue weighted by atomic mass is 19.3. The van der Waals surface area contributed by atoms with Crippen molar-refractivity contribution < 1.29 is 13.6 Å². The van der Waals surface area contributed by atoms with Crippen molar-refractivity contribution in [1.82, 2.24) is 15.1 Å². The van der Waals surface area contributed by atoms with Gasteiger partial charge in [-0.3, -0.25) is 10.1 Å². The van der Waals surface area contributed by atoms with Crippen molar-refractivity contribution in [2.45, 2.75) is 18.4 Å². The summed E-state index contributed by atoms with van der Waals surface area (Å²) in [4.78, 5) is 11.9. The maximum atomic E-state index is 13.1. The summed E-state index contributed by atoms with van der Waals surface area (Å²) in [6.45, 7) is -0.469. The van der Waals surface area contributed by atoms with Crippen LogP contribution in [-0.2, 0) is 4.79 Å². The van der Waals surface area contributed by atoms with Gasteiger partial charge in [0.25, 0.3) is 5.92 Å². The van der Waals surface area contributed by atoms with E-state index >= 15 is 0 Å². The Kier molecular flexibility index (Phi) is 3.42. The number of rotatable bonds is 3. The van der Waals surface area contributed by atoms with Gasteiger partial charge in [0.05, 0.1) is 18.3 Å². The molecule has 5 nitrogen and oxygen atoms in total. The number of carbonyl (C=O) groups excluding carboxylic acids is 1. The molecule has 110 valence electrons. The molecule has 0 aliphatic carbocycles. The van der Waals surface area contributed by atoms with E-state index in [2.05, 4.69) is 15.7 Å². The number of carbonyl (C=O) groups is 1. The molecular weight excluding hydrogens is 278 g/mol. The summed E-state index contributed by atoms with van der Waals surface area (Å²) in [6, 6.07) is 10.1. The van der Waals surface area contributed by atoms with Crippen LogP contribution in [0.4, 0.5) is 14.6 Å². The Labute approximate surface area is 120 Å². The second kappa shape index (κ2) is 5.25. The Bertz CT molecular complexity index is 641. The van der Waals surface area contributed by atoms with Crippen LogP contribution in [0.2, 0.25) is 0 Å². The Morgan fingerprint density at radius 3 is 2.76 bits per heavy atom. The van der Waals surface area contributed by atoms with Gasteiger partial charge in [0, 0.05) is 18.7 Å². The fourth-order valence-electron chi connectivity index (χ4n) is 2.23. The molecule has 1 aliphatic heterocycles. The number of nitrogens with zero attached hydrogens (tertiary/aromatic N) is 2. The summed E-state index contributed by atoms with van der Waals surface area (Å²) < 4.78 is 27.7. The lowest BCUT2D eigenvalue weighted by Crippen LogP contribution is -2.35. The van der Waals surface area contributed by atoms with E-state index in [4.69, 9.17) is 0 Å². The molecule has 2 heterocycles. The summed E-state index contributed by atoms with van der Waals surface area (Å²) in [5.41, 5.74) is 0.850. The van der Waals surface area contributed by atoms with Gasteiger partial charge in [-0.2, -0.15) is 5.10 Å². The molecule has 1 fully saturated rings. The van der Waals surface area contributed by atoms with Gasteiger partial charge in [-0.25, -0.2) is 13.5 Å². The Hall–Kier alpha value is -2.28. The number of alkyl halides is 2. The fourth-order valence-corrected chi connectivity index (χ4v) is 2.23. The molecule has 3 rings (SSSR count). The highest BCUT2D eigenvalue weighted by molar-refractivity contribution is 5.94. The number of aromatic nitrogens is 2. The number of hydrogen-bond acceptors (Lipinski definition) is 3. The number of benzene rings is 1. The van der Waals surface area contributed by atoms with E-state index in [1.165, 1.54) is 0 Å². The van der Waals surface area contributed by atoms with Crippen LogP contribution in [0, 0.1) is 0 Å². The molecule has 1 unspecified atom stereocenters. The van der Waals surface area contributed by atoms with Crippen LogP contribution in [0.5, 0.6) is 0 Å². The average Bonchev–Trinajstić information content (AvgIpc) is 3.06. The van der Waals surface area contributed by atoms with Gasteiger partial charge < -0.3 is 5.32 Å². The van der Waals surface area contributed by atoms with E-state index in [1.807, 2.05) is 30.3 Å². The Morgan fingerprint density at radius 2 is 2.10 bits per heavy atom. The van der Waals surface area contributed by atoms with E-state index in [-0.39, 0.29) is 0 Å². The van der Waals surface area contributed by atoms with Crippen molar-refractivity contribution in [3.63, 3.8) is 0 Å². The van der Waals surface area contributed by atoms with E-state index in [0.717, 1.165) is 5.69 Å². The van der Waals surface area contributed by atoms with Crippen LogP contribution < -0.4 is 10.6 Å². The molecule has 0 saturated carbocycles. The van der Waals surface area contributed by atoms with E-state index in [0.29, 0.717) is 5.82 Å². The summed E-state index contributed by atoms with van der Waals surface area (Å²) in [6.07, 6.45) is 1.21. The third-order valence-electron chi connectivity index (χ3n) is 3.29. The molecule has 1 aromatic carbocycles. The minimum absolute atomic E-state index is 0.334.